The molecule has 0 saturated heterocycles. The Bertz CT molecular complexity index is 214. The van der Waals surface area contributed by atoms with Gasteiger partial charge in [0.05, 0.1) is 0 Å². The Hall–Kier alpha value is 0. The zero-order chi connectivity index (χ0) is 11.2. The first-order valence-electron chi connectivity index (χ1n) is 6.34. The van der Waals surface area contributed by atoms with Gasteiger partial charge in [0.25, 0.3) is 0 Å². The summed E-state index contributed by atoms with van der Waals surface area (Å²) in [7, 11) is 0. The molecule has 3 unspecified atom stereocenters. The monoisotopic (exact) mass is 196 g/mol. The van der Waals surface area contributed by atoms with Crippen LogP contribution in [-0.2, 0) is 0 Å². The predicted molar refractivity (Wildman–Crippen MR) is 64.4 cm³/mol. The van der Waals surface area contributed by atoms with Gasteiger partial charge in [-0.3, -0.25) is 0 Å². The molecule has 0 bridgehead atoms. The van der Waals surface area contributed by atoms with Crippen LogP contribution in [-0.4, -0.2) is 0 Å². The Labute approximate surface area is 90.5 Å². The standard InChI is InChI=1S/C14H28/c1-8-12(5,9-2)14(7)11(4)13(14,6)10-3/h11H,8-10H2,1-7H3. The highest BCUT2D eigenvalue weighted by molar-refractivity contribution is 5.20. The second-order valence-electron chi connectivity index (χ2n) is 5.96. The van der Waals surface area contributed by atoms with Gasteiger partial charge in [-0.2, -0.15) is 0 Å². The van der Waals surface area contributed by atoms with Gasteiger partial charge in [0.2, 0.25) is 0 Å². The van der Waals surface area contributed by atoms with E-state index < -0.39 is 0 Å². The molecule has 1 fully saturated rings. The van der Waals surface area contributed by atoms with Crippen LogP contribution in [0.1, 0.15) is 67.7 Å². The van der Waals surface area contributed by atoms with Crippen LogP contribution in [0, 0.1) is 22.2 Å². The molecule has 0 heteroatoms. The summed E-state index contributed by atoms with van der Waals surface area (Å²) in [6.07, 6.45) is 3.97. The normalized spacial score (nSPS) is 42.6. The lowest BCUT2D eigenvalue weighted by molar-refractivity contribution is 0.112. The quantitative estimate of drug-likeness (QED) is 0.601. The molecule has 0 aromatic rings. The van der Waals surface area contributed by atoms with Gasteiger partial charge in [0.1, 0.15) is 0 Å². The number of hydrogen-bond donors (Lipinski definition) is 0. The fourth-order valence-corrected chi connectivity index (χ4v) is 4.02. The molecule has 1 aliphatic rings. The first-order valence-corrected chi connectivity index (χ1v) is 6.34. The van der Waals surface area contributed by atoms with Crippen LogP contribution < -0.4 is 0 Å². The Morgan fingerprint density at radius 3 is 1.71 bits per heavy atom. The molecule has 0 radical (unpaired) electrons. The first-order chi connectivity index (χ1) is 6.34. The van der Waals surface area contributed by atoms with E-state index in [9.17, 15) is 0 Å². The summed E-state index contributed by atoms with van der Waals surface area (Å²) >= 11 is 0. The number of rotatable bonds is 4. The van der Waals surface area contributed by atoms with Gasteiger partial charge in [-0.25, -0.2) is 0 Å². The fraction of sp³-hybridized carbons (Fsp3) is 1.00. The van der Waals surface area contributed by atoms with Crippen LogP contribution in [0.25, 0.3) is 0 Å². The summed E-state index contributed by atoms with van der Waals surface area (Å²) in [6, 6.07) is 0. The highest BCUT2D eigenvalue weighted by atomic mass is 14.8. The second kappa shape index (κ2) is 3.25. The van der Waals surface area contributed by atoms with Crippen LogP contribution >= 0.6 is 0 Å². The topological polar surface area (TPSA) is 0 Å². The van der Waals surface area contributed by atoms with Gasteiger partial charge in [-0.1, -0.05) is 61.3 Å². The molecule has 1 rings (SSSR count). The van der Waals surface area contributed by atoms with E-state index in [1.165, 1.54) is 19.3 Å². The number of hydrogen-bond acceptors (Lipinski definition) is 0. The third-order valence-corrected chi connectivity index (χ3v) is 6.47. The van der Waals surface area contributed by atoms with E-state index >= 15 is 0 Å². The van der Waals surface area contributed by atoms with Crippen LogP contribution in [0.15, 0.2) is 0 Å². The van der Waals surface area contributed by atoms with Crippen LogP contribution in [0.3, 0.4) is 0 Å². The summed E-state index contributed by atoms with van der Waals surface area (Å²) < 4.78 is 0. The summed E-state index contributed by atoms with van der Waals surface area (Å²) in [4.78, 5) is 0. The molecule has 14 heavy (non-hydrogen) atoms. The third-order valence-electron chi connectivity index (χ3n) is 6.47. The van der Waals surface area contributed by atoms with Gasteiger partial charge in [-0.05, 0) is 28.6 Å². The fourth-order valence-electron chi connectivity index (χ4n) is 4.02. The van der Waals surface area contributed by atoms with E-state index in [-0.39, 0.29) is 0 Å². The first kappa shape index (κ1) is 12.1. The van der Waals surface area contributed by atoms with E-state index in [4.69, 9.17) is 0 Å². The lowest BCUT2D eigenvalue weighted by Crippen LogP contribution is -2.30. The molecule has 0 heterocycles. The lowest BCUT2D eigenvalue weighted by Gasteiger charge is -2.38. The minimum absolute atomic E-state index is 0.539. The Kier molecular flexibility index (Phi) is 2.80. The SMILES string of the molecule is CCC(C)(CC)C1(C)C(C)C1(C)CC. The maximum absolute atomic E-state index is 2.52. The van der Waals surface area contributed by atoms with Crippen LogP contribution in [0.2, 0.25) is 0 Å². The van der Waals surface area contributed by atoms with E-state index in [0.29, 0.717) is 16.2 Å². The summed E-state index contributed by atoms with van der Waals surface area (Å²) in [5, 5.41) is 0. The predicted octanol–water partition coefficient (Wildman–Crippen LogP) is 4.89. The van der Waals surface area contributed by atoms with Crippen LogP contribution in [0.4, 0.5) is 0 Å². The molecule has 1 aliphatic carbocycles. The van der Waals surface area contributed by atoms with Crippen LogP contribution in [0.5, 0.6) is 0 Å². The lowest BCUT2D eigenvalue weighted by atomic mass is 9.67. The maximum Gasteiger partial charge on any atom is -0.0185 e. The molecule has 84 valence electrons. The van der Waals surface area contributed by atoms with Gasteiger partial charge >= 0.3 is 0 Å². The van der Waals surface area contributed by atoms with E-state index in [2.05, 4.69) is 48.5 Å². The van der Waals surface area contributed by atoms with Crippen molar-refractivity contribution in [1.29, 1.82) is 0 Å². The smallest absolute Gasteiger partial charge is 0.0185 e. The molecular formula is C14H28. The van der Waals surface area contributed by atoms with Crippen molar-refractivity contribution in [1.82, 2.24) is 0 Å². The van der Waals surface area contributed by atoms with E-state index in [0.717, 1.165) is 5.92 Å². The Balaban J connectivity index is 2.99. The molecule has 0 nitrogen and oxygen atoms in total. The zero-order valence-electron chi connectivity index (χ0n) is 11.2. The van der Waals surface area contributed by atoms with Crippen molar-refractivity contribution in [2.24, 2.45) is 22.2 Å². The van der Waals surface area contributed by atoms with E-state index in [1.807, 2.05) is 0 Å². The highest BCUT2D eigenvalue weighted by Gasteiger charge is 2.72. The molecule has 0 amide bonds. The van der Waals surface area contributed by atoms with Gasteiger partial charge < -0.3 is 0 Å². The van der Waals surface area contributed by atoms with Crippen molar-refractivity contribution >= 4 is 0 Å². The molecule has 0 aliphatic heterocycles. The summed E-state index contributed by atoms with van der Waals surface area (Å²) in [5.74, 6) is 0.893. The third kappa shape index (κ3) is 1.06. The minimum atomic E-state index is 0.539. The largest absolute Gasteiger partial charge is 0.0648 e. The molecule has 0 spiro atoms. The summed E-state index contributed by atoms with van der Waals surface area (Å²) in [6.45, 7) is 17.0. The molecule has 0 N–H and O–H groups in total. The van der Waals surface area contributed by atoms with Crippen molar-refractivity contribution in [2.75, 3.05) is 0 Å². The van der Waals surface area contributed by atoms with Gasteiger partial charge in [0, 0.05) is 0 Å². The van der Waals surface area contributed by atoms with E-state index in [1.54, 1.807) is 0 Å². The Morgan fingerprint density at radius 1 is 1.07 bits per heavy atom. The zero-order valence-corrected chi connectivity index (χ0v) is 11.2. The Morgan fingerprint density at radius 2 is 1.50 bits per heavy atom. The van der Waals surface area contributed by atoms with Gasteiger partial charge in [0.15, 0.2) is 0 Å². The van der Waals surface area contributed by atoms with Gasteiger partial charge in [-0.15, -0.1) is 0 Å². The highest BCUT2D eigenvalue weighted by Crippen LogP contribution is 2.78. The van der Waals surface area contributed by atoms with Crippen molar-refractivity contribution < 1.29 is 0 Å². The second-order valence-corrected chi connectivity index (χ2v) is 5.96. The average Bonchev–Trinajstić information content (AvgIpc) is 2.66. The molecule has 0 aromatic heterocycles. The minimum Gasteiger partial charge on any atom is -0.0648 e. The maximum atomic E-state index is 2.52. The average molecular weight is 196 g/mol. The van der Waals surface area contributed by atoms with Crippen molar-refractivity contribution in [3.8, 4) is 0 Å². The van der Waals surface area contributed by atoms with Crippen molar-refractivity contribution in [3.63, 3.8) is 0 Å². The summed E-state index contributed by atoms with van der Waals surface area (Å²) in [5.41, 5.74) is 1.70. The van der Waals surface area contributed by atoms with Crippen molar-refractivity contribution in [3.05, 3.63) is 0 Å². The molecular weight excluding hydrogens is 168 g/mol. The van der Waals surface area contributed by atoms with Crippen molar-refractivity contribution in [2.45, 2.75) is 67.7 Å². The molecule has 1 saturated carbocycles. The molecule has 0 aromatic carbocycles. The molecule has 3 atom stereocenters.